The quantitative estimate of drug-likeness (QED) is 0.0718. The second kappa shape index (κ2) is 23.8. The number of ether oxygens (including phenoxy) is 4. The SMILES string of the molecule is CC(C)(C)OC(=O)N1CCCC(c2cc(-c3c(O)cccc3OCc3ccccc3)nc(N)c2C=O)C1.CC(C)(C)OC(=O)N1CCCC(c2cc(-c3c(O)cccc3OCc3ccccc3)nc(N)c2CO)C1. The fourth-order valence-electron chi connectivity index (χ4n) is 9.18. The number of nitrogens with two attached hydrogens (primary N) is 2. The molecule has 2 aliphatic heterocycles. The number of aliphatic hydroxyl groups is 1. The number of benzene rings is 4. The molecule has 2 unspecified atom stereocenters. The molecule has 2 aromatic heterocycles. The molecular formula is C58H68N6O10. The first kappa shape index (κ1) is 53.9. The van der Waals surface area contributed by atoms with Gasteiger partial charge in [-0.25, -0.2) is 19.6 Å². The van der Waals surface area contributed by atoms with Crippen molar-refractivity contribution in [2.24, 2.45) is 0 Å². The number of aldehydes is 1. The molecule has 2 saturated heterocycles. The molecule has 4 heterocycles. The minimum atomic E-state index is -0.604. The van der Waals surface area contributed by atoms with Gasteiger partial charge in [-0.3, -0.25) is 4.79 Å². The molecule has 4 aromatic carbocycles. The number of hydrogen-bond acceptors (Lipinski definition) is 14. The second-order valence-corrected chi connectivity index (χ2v) is 20.5. The first-order valence-electron chi connectivity index (χ1n) is 24.9. The number of rotatable bonds is 12. The lowest BCUT2D eigenvalue weighted by molar-refractivity contribution is 0.0188. The maximum absolute atomic E-state index is 12.7. The highest BCUT2D eigenvalue weighted by molar-refractivity contribution is 5.87. The topological polar surface area (TPSA) is 233 Å². The molecule has 2 amide bonds. The number of carbonyl (C=O) groups is 3. The Hall–Kier alpha value is -7.85. The number of amides is 2. The van der Waals surface area contributed by atoms with E-state index in [1.54, 1.807) is 52.3 Å². The van der Waals surface area contributed by atoms with Gasteiger partial charge < -0.3 is 55.5 Å². The van der Waals surface area contributed by atoms with Crippen molar-refractivity contribution in [1.82, 2.24) is 19.8 Å². The van der Waals surface area contributed by atoms with Gasteiger partial charge in [0.2, 0.25) is 0 Å². The van der Waals surface area contributed by atoms with Crippen LogP contribution in [0.4, 0.5) is 21.2 Å². The summed E-state index contributed by atoms with van der Waals surface area (Å²) in [5.41, 5.74) is 17.3. The fourth-order valence-corrected chi connectivity index (χ4v) is 9.18. The normalized spacial score (nSPS) is 15.8. The minimum Gasteiger partial charge on any atom is -0.507 e. The van der Waals surface area contributed by atoms with E-state index in [4.69, 9.17) is 30.4 Å². The number of aromatic nitrogens is 2. The van der Waals surface area contributed by atoms with Gasteiger partial charge in [0.1, 0.15) is 59.0 Å². The summed E-state index contributed by atoms with van der Waals surface area (Å²) in [5, 5.41) is 31.7. The number of likely N-dealkylation sites (tertiary alicyclic amines) is 2. The van der Waals surface area contributed by atoms with Crippen LogP contribution in [0.15, 0.2) is 109 Å². The predicted molar refractivity (Wildman–Crippen MR) is 284 cm³/mol. The molecule has 6 aromatic rings. The molecule has 2 fully saturated rings. The number of phenols is 2. The van der Waals surface area contributed by atoms with E-state index in [9.17, 15) is 29.7 Å². The molecule has 2 atom stereocenters. The van der Waals surface area contributed by atoms with Crippen LogP contribution in [0.25, 0.3) is 22.5 Å². The molecule has 16 heteroatoms. The van der Waals surface area contributed by atoms with Crippen LogP contribution >= 0.6 is 0 Å². The van der Waals surface area contributed by atoms with Gasteiger partial charge in [0, 0.05) is 43.6 Å². The number of anilines is 2. The van der Waals surface area contributed by atoms with Gasteiger partial charge in [-0.1, -0.05) is 72.8 Å². The summed E-state index contributed by atoms with van der Waals surface area (Å²) in [5.74, 6) is 0.936. The monoisotopic (exact) mass is 1010 g/mol. The molecule has 0 radical (unpaired) electrons. The molecule has 0 bridgehead atoms. The summed E-state index contributed by atoms with van der Waals surface area (Å²) >= 11 is 0. The molecule has 8 rings (SSSR count). The van der Waals surface area contributed by atoms with Crippen LogP contribution in [0, 0.1) is 0 Å². The number of phenolic OH excluding ortho intramolecular Hbond substituents is 2. The number of nitrogen functional groups attached to an aromatic ring is 2. The van der Waals surface area contributed by atoms with Crippen LogP contribution in [0.3, 0.4) is 0 Å². The van der Waals surface area contributed by atoms with E-state index in [1.165, 1.54) is 0 Å². The molecule has 390 valence electrons. The number of piperidine rings is 2. The fraction of sp³-hybridized carbons (Fsp3) is 0.362. The van der Waals surface area contributed by atoms with Crippen LogP contribution in [-0.2, 0) is 29.3 Å². The first-order chi connectivity index (χ1) is 35.3. The number of aromatic hydroxyl groups is 2. The Balaban J connectivity index is 0.000000216. The Labute approximate surface area is 432 Å². The van der Waals surface area contributed by atoms with Gasteiger partial charge in [-0.15, -0.1) is 0 Å². The Morgan fingerprint density at radius 3 is 1.50 bits per heavy atom. The molecule has 7 N–H and O–H groups in total. The van der Waals surface area contributed by atoms with Gasteiger partial charge in [-0.2, -0.15) is 0 Å². The number of hydrogen-bond donors (Lipinski definition) is 5. The third-order valence-electron chi connectivity index (χ3n) is 12.6. The Morgan fingerprint density at radius 1 is 0.635 bits per heavy atom. The van der Waals surface area contributed by atoms with Crippen molar-refractivity contribution in [3.05, 3.63) is 143 Å². The van der Waals surface area contributed by atoms with Crippen molar-refractivity contribution in [3.63, 3.8) is 0 Å². The Bertz CT molecular complexity index is 2900. The van der Waals surface area contributed by atoms with Crippen molar-refractivity contribution in [2.75, 3.05) is 37.6 Å². The third kappa shape index (κ3) is 13.8. The average molecular weight is 1010 g/mol. The highest BCUT2D eigenvalue weighted by atomic mass is 16.6. The largest absolute Gasteiger partial charge is 0.507 e. The van der Waals surface area contributed by atoms with Crippen LogP contribution in [-0.4, -0.2) is 90.9 Å². The van der Waals surface area contributed by atoms with Crippen LogP contribution in [0.1, 0.15) is 117 Å². The van der Waals surface area contributed by atoms with Crippen molar-refractivity contribution in [3.8, 4) is 45.5 Å². The van der Waals surface area contributed by atoms with E-state index >= 15 is 0 Å². The Kier molecular flexibility index (Phi) is 17.3. The molecule has 16 nitrogen and oxygen atoms in total. The molecule has 0 spiro atoms. The molecule has 74 heavy (non-hydrogen) atoms. The summed E-state index contributed by atoms with van der Waals surface area (Å²) < 4.78 is 23.3. The summed E-state index contributed by atoms with van der Waals surface area (Å²) in [6.45, 7) is 13.4. The summed E-state index contributed by atoms with van der Waals surface area (Å²) in [6, 6.07) is 33.1. The van der Waals surface area contributed by atoms with Crippen molar-refractivity contribution in [2.45, 2.75) is 110 Å². The molecular weight excluding hydrogens is 941 g/mol. The van der Waals surface area contributed by atoms with Crippen molar-refractivity contribution >= 4 is 30.1 Å². The molecule has 0 saturated carbocycles. The predicted octanol–water partition coefficient (Wildman–Crippen LogP) is 10.8. The highest BCUT2D eigenvalue weighted by Crippen LogP contribution is 2.43. The lowest BCUT2D eigenvalue weighted by atomic mass is 9.87. The standard InChI is InChI=1S/C29H35N3O5.C29H33N3O5/c2*1-29(2,3)37-28(35)32-14-8-11-20(16-32)21-15-23(31-27(30)22(21)17-33)26-24(34)12-7-13-25(26)36-18-19-9-5-4-6-10-19/h4-7,9-10,12-13,15,20,33-34H,8,11,14,16-18H2,1-3H3,(H2,30,31);4-7,9-10,12-13,15,17,20,34H,8,11,14,16,18H2,1-3H3,(H2,30,31). The van der Waals surface area contributed by atoms with Crippen LogP contribution in [0.2, 0.25) is 0 Å². The van der Waals surface area contributed by atoms with Gasteiger partial charge in [-0.05, 0) is 126 Å². The summed E-state index contributed by atoms with van der Waals surface area (Å²) in [6.07, 6.45) is 3.07. The van der Waals surface area contributed by atoms with E-state index in [-0.39, 0.29) is 53.8 Å². The summed E-state index contributed by atoms with van der Waals surface area (Å²) in [4.78, 5) is 49.8. The van der Waals surface area contributed by atoms with E-state index in [2.05, 4.69) is 9.97 Å². The van der Waals surface area contributed by atoms with Crippen molar-refractivity contribution in [1.29, 1.82) is 0 Å². The number of carbonyl (C=O) groups excluding carboxylic acids is 3. The molecule has 0 aliphatic carbocycles. The number of pyridine rings is 2. The third-order valence-corrected chi connectivity index (χ3v) is 12.6. The van der Waals surface area contributed by atoms with Gasteiger partial charge >= 0.3 is 12.2 Å². The average Bonchev–Trinajstić information content (AvgIpc) is 3.37. The smallest absolute Gasteiger partial charge is 0.410 e. The maximum atomic E-state index is 12.7. The van der Waals surface area contributed by atoms with Gasteiger partial charge in [0.05, 0.1) is 34.7 Å². The number of aliphatic hydroxyl groups excluding tert-OH is 1. The van der Waals surface area contributed by atoms with E-state index in [0.717, 1.165) is 42.4 Å². The van der Waals surface area contributed by atoms with Gasteiger partial charge in [0.15, 0.2) is 6.29 Å². The molecule has 2 aliphatic rings. The lowest BCUT2D eigenvalue weighted by Gasteiger charge is -2.35. The Morgan fingerprint density at radius 2 is 1.07 bits per heavy atom. The zero-order valence-corrected chi connectivity index (χ0v) is 43.0. The van der Waals surface area contributed by atoms with Gasteiger partial charge in [0.25, 0.3) is 0 Å². The minimum absolute atomic E-state index is 0.0127. The highest BCUT2D eigenvalue weighted by Gasteiger charge is 2.33. The van der Waals surface area contributed by atoms with Crippen molar-refractivity contribution < 1.29 is 48.7 Å². The second-order valence-electron chi connectivity index (χ2n) is 20.5. The lowest BCUT2D eigenvalue weighted by Crippen LogP contribution is -2.42. The van der Waals surface area contributed by atoms with E-state index in [1.807, 2.05) is 108 Å². The van der Waals surface area contributed by atoms with Crippen LogP contribution < -0.4 is 20.9 Å². The maximum Gasteiger partial charge on any atom is 0.410 e. The van der Waals surface area contributed by atoms with E-state index < -0.39 is 11.2 Å². The number of nitrogens with zero attached hydrogens (tertiary/aromatic N) is 4. The zero-order chi connectivity index (χ0) is 53.2. The summed E-state index contributed by atoms with van der Waals surface area (Å²) in [7, 11) is 0. The van der Waals surface area contributed by atoms with E-state index in [0.29, 0.717) is 96.4 Å². The van der Waals surface area contributed by atoms with Crippen LogP contribution in [0.5, 0.6) is 23.0 Å². The first-order valence-corrected chi connectivity index (χ1v) is 24.9. The zero-order valence-electron chi connectivity index (χ0n) is 43.0.